The van der Waals surface area contributed by atoms with Gasteiger partial charge in [0.25, 0.3) is 0 Å². The summed E-state index contributed by atoms with van der Waals surface area (Å²) in [6.07, 6.45) is 3.60. The Morgan fingerprint density at radius 2 is 1.80 bits per heavy atom. The Kier molecular flexibility index (Phi) is 8.62. The number of carbonyl (C=O) groups is 2. The lowest BCUT2D eigenvalue weighted by Crippen LogP contribution is -2.41. The van der Waals surface area contributed by atoms with E-state index in [4.69, 9.17) is 0 Å². The molecule has 0 bridgehead atoms. The lowest BCUT2D eigenvalue weighted by Gasteiger charge is -2.30. The first-order valence-electron chi connectivity index (χ1n) is 7.21. The van der Waals surface area contributed by atoms with Gasteiger partial charge in [-0.1, -0.05) is 26.7 Å². The quantitative estimate of drug-likeness (QED) is 0.609. The maximum atomic E-state index is 12.5. The SMILES string of the molecule is CCCC(C#N)(CCC)C(=O)N(C)CCCC(=O)OC. The minimum atomic E-state index is -0.913. The van der Waals surface area contributed by atoms with Crippen LogP contribution in [0.2, 0.25) is 0 Å². The van der Waals surface area contributed by atoms with Crippen molar-refractivity contribution in [2.75, 3.05) is 20.7 Å². The smallest absolute Gasteiger partial charge is 0.305 e. The molecule has 0 saturated heterocycles. The molecule has 0 radical (unpaired) electrons. The van der Waals surface area contributed by atoms with E-state index in [2.05, 4.69) is 10.8 Å². The average Bonchev–Trinajstić information content (AvgIpc) is 2.45. The Labute approximate surface area is 121 Å². The molecule has 0 atom stereocenters. The van der Waals surface area contributed by atoms with Crippen molar-refractivity contribution in [1.29, 1.82) is 5.26 Å². The van der Waals surface area contributed by atoms with Gasteiger partial charge in [-0.05, 0) is 19.3 Å². The number of hydrogen-bond donors (Lipinski definition) is 0. The molecule has 0 N–H and O–H groups in total. The van der Waals surface area contributed by atoms with Crippen LogP contribution in [-0.4, -0.2) is 37.5 Å². The molecule has 0 heterocycles. The van der Waals surface area contributed by atoms with E-state index in [1.807, 2.05) is 13.8 Å². The summed E-state index contributed by atoms with van der Waals surface area (Å²) in [5, 5.41) is 9.44. The van der Waals surface area contributed by atoms with Crippen LogP contribution in [0.3, 0.4) is 0 Å². The van der Waals surface area contributed by atoms with Crippen molar-refractivity contribution in [3.63, 3.8) is 0 Å². The number of esters is 1. The van der Waals surface area contributed by atoms with Gasteiger partial charge in [-0.25, -0.2) is 0 Å². The van der Waals surface area contributed by atoms with Crippen LogP contribution in [0.15, 0.2) is 0 Å². The second-order valence-corrected chi connectivity index (χ2v) is 5.10. The van der Waals surface area contributed by atoms with Gasteiger partial charge >= 0.3 is 5.97 Å². The van der Waals surface area contributed by atoms with Crippen LogP contribution in [0.4, 0.5) is 0 Å². The number of nitriles is 1. The molecule has 0 aliphatic heterocycles. The highest BCUT2D eigenvalue weighted by Crippen LogP contribution is 2.31. The second kappa shape index (κ2) is 9.35. The summed E-state index contributed by atoms with van der Waals surface area (Å²) in [4.78, 5) is 25.1. The zero-order valence-corrected chi connectivity index (χ0v) is 13.1. The van der Waals surface area contributed by atoms with Crippen molar-refractivity contribution >= 4 is 11.9 Å². The molecule has 1 amide bonds. The molecule has 0 spiro atoms. The Morgan fingerprint density at radius 1 is 1.25 bits per heavy atom. The van der Waals surface area contributed by atoms with Gasteiger partial charge in [-0.2, -0.15) is 5.26 Å². The van der Waals surface area contributed by atoms with Crippen LogP contribution < -0.4 is 0 Å². The van der Waals surface area contributed by atoms with Crippen molar-refractivity contribution in [2.24, 2.45) is 5.41 Å². The van der Waals surface area contributed by atoms with Crippen LogP contribution in [0, 0.1) is 16.7 Å². The van der Waals surface area contributed by atoms with E-state index in [1.54, 1.807) is 11.9 Å². The number of ether oxygens (including phenoxy) is 1. The first kappa shape index (κ1) is 18.4. The second-order valence-electron chi connectivity index (χ2n) is 5.10. The van der Waals surface area contributed by atoms with Crippen molar-refractivity contribution in [3.8, 4) is 6.07 Å². The summed E-state index contributed by atoms with van der Waals surface area (Å²) in [6, 6.07) is 2.23. The predicted octanol–water partition coefficient (Wildman–Crippen LogP) is 2.51. The lowest BCUT2D eigenvalue weighted by molar-refractivity contribution is -0.142. The zero-order valence-electron chi connectivity index (χ0n) is 13.1. The van der Waals surface area contributed by atoms with E-state index in [1.165, 1.54) is 7.11 Å². The van der Waals surface area contributed by atoms with Crippen LogP contribution >= 0.6 is 0 Å². The topological polar surface area (TPSA) is 70.4 Å². The van der Waals surface area contributed by atoms with Gasteiger partial charge in [0, 0.05) is 20.0 Å². The summed E-state index contributed by atoms with van der Waals surface area (Å²) in [7, 11) is 3.04. The fraction of sp³-hybridized carbons (Fsp3) is 0.800. The van der Waals surface area contributed by atoms with E-state index in [-0.39, 0.29) is 18.3 Å². The highest BCUT2D eigenvalue weighted by atomic mass is 16.5. The summed E-state index contributed by atoms with van der Waals surface area (Å²) >= 11 is 0. The number of methoxy groups -OCH3 is 1. The van der Waals surface area contributed by atoms with Gasteiger partial charge in [0.15, 0.2) is 0 Å². The van der Waals surface area contributed by atoms with E-state index in [9.17, 15) is 14.9 Å². The summed E-state index contributed by atoms with van der Waals surface area (Å²) in [5.41, 5.74) is -0.913. The first-order chi connectivity index (χ1) is 9.47. The molecule has 5 heteroatoms. The Bertz CT molecular complexity index is 355. The van der Waals surface area contributed by atoms with Gasteiger partial charge in [-0.15, -0.1) is 0 Å². The van der Waals surface area contributed by atoms with E-state index < -0.39 is 5.41 Å². The zero-order chi connectivity index (χ0) is 15.6. The van der Waals surface area contributed by atoms with E-state index in [0.29, 0.717) is 25.8 Å². The van der Waals surface area contributed by atoms with Crippen molar-refractivity contribution in [1.82, 2.24) is 4.90 Å². The van der Waals surface area contributed by atoms with Gasteiger partial charge in [0.05, 0.1) is 13.2 Å². The molecule has 5 nitrogen and oxygen atoms in total. The third kappa shape index (κ3) is 5.20. The Morgan fingerprint density at radius 3 is 2.20 bits per heavy atom. The number of hydrogen-bond acceptors (Lipinski definition) is 4. The molecule has 20 heavy (non-hydrogen) atoms. The molecule has 0 aliphatic rings. The maximum Gasteiger partial charge on any atom is 0.305 e. The molecule has 0 aliphatic carbocycles. The summed E-state index contributed by atoms with van der Waals surface area (Å²) < 4.78 is 4.56. The first-order valence-corrected chi connectivity index (χ1v) is 7.21. The predicted molar refractivity (Wildman–Crippen MR) is 76.7 cm³/mol. The van der Waals surface area contributed by atoms with Gasteiger partial charge in [0.1, 0.15) is 5.41 Å². The Balaban J connectivity index is 4.64. The minimum Gasteiger partial charge on any atom is -0.469 e. The molecule has 0 aromatic carbocycles. The molecule has 0 rings (SSSR count). The summed E-state index contributed by atoms with van der Waals surface area (Å²) in [6.45, 7) is 4.42. The molecule has 0 aromatic rings. The normalized spacial score (nSPS) is 10.8. The number of amides is 1. The van der Waals surface area contributed by atoms with Gasteiger partial charge < -0.3 is 9.64 Å². The highest BCUT2D eigenvalue weighted by Gasteiger charge is 2.38. The van der Waals surface area contributed by atoms with Gasteiger partial charge in [0.2, 0.25) is 5.91 Å². The molecular weight excluding hydrogens is 256 g/mol. The van der Waals surface area contributed by atoms with Crippen molar-refractivity contribution < 1.29 is 14.3 Å². The van der Waals surface area contributed by atoms with Crippen LogP contribution in [0.1, 0.15) is 52.4 Å². The fourth-order valence-corrected chi connectivity index (χ4v) is 2.38. The van der Waals surface area contributed by atoms with E-state index in [0.717, 1.165) is 12.8 Å². The number of carbonyl (C=O) groups excluding carboxylic acids is 2. The third-order valence-electron chi connectivity index (χ3n) is 3.43. The molecular formula is C15H26N2O3. The molecule has 114 valence electrons. The molecule has 0 saturated carbocycles. The standard InChI is InChI=1S/C15H26N2O3/c1-5-9-15(12-16,10-6-2)14(19)17(3)11-7-8-13(18)20-4/h5-11H2,1-4H3. The van der Waals surface area contributed by atoms with E-state index >= 15 is 0 Å². The molecule has 0 fully saturated rings. The largest absolute Gasteiger partial charge is 0.469 e. The van der Waals surface area contributed by atoms with Crippen LogP contribution in [-0.2, 0) is 14.3 Å². The van der Waals surface area contributed by atoms with Crippen molar-refractivity contribution in [3.05, 3.63) is 0 Å². The third-order valence-corrected chi connectivity index (χ3v) is 3.43. The maximum absolute atomic E-state index is 12.5. The summed E-state index contributed by atoms with van der Waals surface area (Å²) in [5.74, 6) is -0.409. The molecule has 0 unspecified atom stereocenters. The molecule has 0 aromatic heterocycles. The highest BCUT2D eigenvalue weighted by molar-refractivity contribution is 5.85. The van der Waals surface area contributed by atoms with Crippen LogP contribution in [0.5, 0.6) is 0 Å². The monoisotopic (exact) mass is 282 g/mol. The van der Waals surface area contributed by atoms with Crippen molar-refractivity contribution in [2.45, 2.75) is 52.4 Å². The minimum absolute atomic E-state index is 0.131. The average molecular weight is 282 g/mol. The van der Waals surface area contributed by atoms with Gasteiger partial charge in [-0.3, -0.25) is 9.59 Å². The Hall–Kier alpha value is -1.57. The van der Waals surface area contributed by atoms with Crippen LogP contribution in [0.25, 0.3) is 0 Å². The number of rotatable bonds is 9. The number of nitrogens with zero attached hydrogens (tertiary/aromatic N) is 2. The fourth-order valence-electron chi connectivity index (χ4n) is 2.38. The lowest BCUT2D eigenvalue weighted by atomic mass is 9.79.